The summed E-state index contributed by atoms with van der Waals surface area (Å²) in [6, 6.07) is 28.4. The number of Topliss-reactive ketones (excluding diaryl/α,β-unsaturated/α-hetero) is 1. The second-order valence-electron chi connectivity index (χ2n) is 19.9. The number of anilines is 1. The van der Waals surface area contributed by atoms with Gasteiger partial charge < -0.3 is 39.4 Å². The maximum absolute atomic E-state index is 14.1. The molecule has 15 nitrogen and oxygen atoms in total. The molecule has 5 aromatic carbocycles. The lowest BCUT2D eigenvalue weighted by Gasteiger charge is -2.35. The first kappa shape index (κ1) is 51.1. The Balaban J connectivity index is 0.918. The minimum atomic E-state index is -0.816. The van der Waals surface area contributed by atoms with E-state index >= 15 is 0 Å². The summed E-state index contributed by atoms with van der Waals surface area (Å²) in [5, 5.41) is 5.71. The summed E-state index contributed by atoms with van der Waals surface area (Å²) >= 11 is 0. The minimum Gasteiger partial charge on any atom is -0.493 e. The standard InChI is InChI=1S/C59H63N5O10/c1-35-20-49-50(60-30-47-26-41-13-7-9-15-44(41)32-64(47)59(49)70)29-52(35)73-33-38-22-39(24-45(23-38)62-57(68)36(2)21-51(65)37(3)61-55(66)16-10-11-17-56(67)72-5)34-74-54-27-42-18-19-46-25-40-12-6-8-14-43(40)31-63(46)58(69)48(42)28-53(54)71-4/h6-9,12-15,20,22-24,27-30,36-37,46-47H,10-11,16-19,21,25-26,31-34H2,1-5H3,(H,61,66)(H,62,68)/t36-,37+,46-,47+/m1/s1. The van der Waals surface area contributed by atoms with Gasteiger partial charge in [-0.2, -0.15) is 0 Å². The van der Waals surface area contributed by atoms with Gasteiger partial charge in [0.1, 0.15) is 19.0 Å². The molecule has 5 aromatic rings. The summed E-state index contributed by atoms with van der Waals surface area (Å²) in [5.41, 5.74) is 9.90. The molecule has 4 aliphatic heterocycles. The zero-order chi connectivity index (χ0) is 52.0. The predicted molar refractivity (Wildman–Crippen MR) is 279 cm³/mol. The van der Waals surface area contributed by atoms with Crippen molar-refractivity contribution in [1.82, 2.24) is 15.1 Å². The number of amides is 4. The van der Waals surface area contributed by atoms with Crippen LogP contribution in [0.25, 0.3) is 0 Å². The first-order valence-electron chi connectivity index (χ1n) is 25.5. The Bertz CT molecular complexity index is 3040. The fraction of sp³-hybridized carbons (Fsp3) is 0.373. The number of aryl methyl sites for hydroxylation is 2. The van der Waals surface area contributed by atoms with Crippen LogP contribution in [0, 0.1) is 12.8 Å². The maximum Gasteiger partial charge on any atom is 0.305 e. The number of nitrogens with zero attached hydrogens (tertiary/aromatic N) is 3. The molecule has 2 N–H and O–H groups in total. The van der Waals surface area contributed by atoms with Gasteiger partial charge in [-0.05, 0) is 133 Å². The van der Waals surface area contributed by atoms with E-state index in [1.165, 1.54) is 18.2 Å². The molecule has 0 saturated carbocycles. The molecule has 15 heteroatoms. The third kappa shape index (κ3) is 11.5. The highest BCUT2D eigenvalue weighted by Gasteiger charge is 2.36. The molecule has 4 atom stereocenters. The Morgan fingerprint density at radius 2 is 1.36 bits per heavy atom. The van der Waals surface area contributed by atoms with Crippen LogP contribution in [0.3, 0.4) is 0 Å². The maximum atomic E-state index is 14.1. The highest BCUT2D eigenvalue weighted by molar-refractivity contribution is 6.03. The molecule has 74 heavy (non-hydrogen) atoms. The molecular weight excluding hydrogens is 939 g/mol. The van der Waals surface area contributed by atoms with Crippen LogP contribution in [0.5, 0.6) is 17.2 Å². The lowest BCUT2D eigenvalue weighted by atomic mass is 9.92. The van der Waals surface area contributed by atoms with E-state index in [0.717, 1.165) is 35.1 Å². The first-order valence-corrected chi connectivity index (χ1v) is 25.5. The Kier molecular flexibility index (Phi) is 15.6. The Labute approximate surface area is 431 Å². The summed E-state index contributed by atoms with van der Waals surface area (Å²) in [5.74, 6) is -0.781. The van der Waals surface area contributed by atoms with Gasteiger partial charge in [0.2, 0.25) is 11.8 Å². The van der Waals surface area contributed by atoms with Crippen LogP contribution in [-0.4, -0.2) is 83.7 Å². The molecule has 0 radical (unpaired) electrons. The predicted octanol–water partition coefficient (Wildman–Crippen LogP) is 8.73. The second kappa shape index (κ2) is 22.5. The van der Waals surface area contributed by atoms with Crippen molar-refractivity contribution in [3.8, 4) is 17.2 Å². The normalized spacial score (nSPS) is 17.1. The summed E-state index contributed by atoms with van der Waals surface area (Å²) in [6.45, 7) is 6.35. The van der Waals surface area contributed by atoms with E-state index in [9.17, 15) is 28.8 Å². The summed E-state index contributed by atoms with van der Waals surface area (Å²) in [4.78, 5) is 87.9. The highest BCUT2D eigenvalue weighted by atomic mass is 16.5. The van der Waals surface area contributed by atoms with E-state index < -0.39 is 17.9 Å². The van der Waals surface area contributed by atoms with Gasteiger partial charge in [0.05, 0.1) is 37.6 Å². The van der Waals surface area contributed by atoms with E-state index in [2.05, 4.69) is 39.6 Å². The van der Waals surface area contributed by atoms with Crippen LogP contribution in [-0.2, 0) is 69.5 Å². The quantitative estimate of drug-likeness (QED) is 0.0636. The lowest BCUT2D eigenvalue weighted by molar-refractivity contribution is -0.140. The van der Waals surface area contributed by atoms with Gasteiger partial charge in [-0.1, -0.05) is 55.5 Å². The van der Waals surface area contributed by atoms with Crippen molar-refractivity contribution in [2.75, 3.05) is 19.5 Å². The number of methoxy groups -OCH3 is 2. The molecule has 0 unspecified atom stereocenters. The van der Waals surface area contributed by atoms with Crippen molar-refractivity contribution >= 4 is 53.0 Å². The number of nitrogens with one attached hydrogen (secondary N) is 2. The highest BCUT2D eigenvalue weighted by Crippen LogP contribution is 2.39. The number of benzene rings is 5. The molecule has 0 spiro atoms. The van der Waals surface area contributed by atoms with Crippen LogP contribution >= 0.6 is 0 Å². The number of rotatable bonds is 18. The van der Waals surface area contributed by atoms with Gasteiger partial charge in [0, 0.05) is 67.8 Å². The number of ether oxygens (including phenoxy) is 4. The summed E-state index contributed by atoms with van der Waals surface area (Å²) < 4.78 is 23.5. The average Bonchev–Trinajstić information content (AvgIpc) is 3.61. The SMILES string of the molecule is COC(=O)CCCCC(=O)N[C@@H](C)C(=O)C[C@@H](C)C(=O)Nc1cc(COc2cc3c(cc2C)C(=O)N2Cc4ccccc4C[C@H]2C=N3)cc(COc2cc3c(cc2OC)C(=O)N2Cc4ccccc4C[C@H]2CC3)c1. The number of carbonyl (C=O) groups excluding carboxylic acids is 6. The van der Waals surface area contributed by atoms with Gasteiger partial charge in [0.25, 0.3) is 11.8 Å². The number of unbranched alkanes of at least 4 members (excludes halogenated alkanes) is 1. The van der Waals surface area contributed by atoms with Crippen molar-refractivity contribution in [2.24, 2.45) is 10.9 Å². The van der Waals surface area contributed by atoms with Crippen molar-refractivity contribution in [3.05, 3.63) is 147 Å². The molecule has 9 rings (SSSR count). The van der Waals surface area contributed by atoms with E-state index in [4.69, 9.17) is 19.2 Å². The van der Waals surface area contributed by atoms with Crippen LogP contribution in [0.2, 0.25) is 0 Å². The van der Waals surface area contributed by atoms with Gasteiger partial charge >= 0.3 is 5.97 Å². The molecule has 0 fully saturated rings. The van der Waals surface area contributed by atoms with Crippen LogP contribution in [0.15, 0.2) is 96.0 Å². The zero-order valence-electron chi connectivity index (χ0n) is 42.7. The number of ketones is 1. The number of fused-ring (bicyclic) bond motifs is 6. The van der Waals surface area contributed by atoms with E-state index in [1.54, 1.807) is 45.2 Å². The number of carbonyl (C=O) groups is 6. The van der Waals surface area contributed by atoms with Crippen LogP contribution < -0.4 is 24.8 Å². The molecule has 0 saturated heterocycles. The largest absolute Gasteiger partial charge is 0.493 e. The molecule has 4 amide bonds. The number of esters is 1. The number of hydrogen-bond acceptors (Lipinski definition) is 11. The molecule has 4 heterocycles. The van der Waals surface area contributed by atoms with Crippen LogP contribution in [0.1, 0.15) is 118 Å². The van der Waals surface area contributed by atoms with E-state index in [0.29, 0.717) is 89.6 Å². The number of hydrogen-bond donors (Lipinski definition) is 2. The molecule has 384 valence electrons. The average molecular weight is 1000 g/mol. The smallest absolute Gasteiger partial charge is 0.305 e. The minimum absolute atomic E-state index is 0.0287. The van der Waals surface area contributed by atoms with Crippen molar-refractivity contribution in [1.29, 1.82) is 0 Å². The van der Waals surface area contributed by atoms with Crippen molar-refractivity contribution in [2.45, 2.75) is 123 Å². The van der Waals surface area contributed by atoms with Crippen LogP contribution in [0.4, 0.5) is 11.4 Å². The van der Waals surface area contributed by atoms with Crippen molar-refractivity contribution < 1.29 is 47.7 Å². The fourth-order valence-corrected chi connectivity index (χ4v) is 10.4. The fourth-order valence-electron chi connectivity index (χ4n) is 10.4. The molecular formula is C59H63N5O10. The third-order valence-electron chi connectivity index (χ3n) is 14.6. The van der Waals surface area contributed by atoms with Crippen molar-refractivity contribution in [3.63, 3.8) is 0 Å². The molecule has 0 aliphatic carbocycles. The second-order valence-corrected chi connectivity index (χ2v) is 19.9. The molecule has 0 aromatic heterocycles. The monoisotopic (exact) mass is 1000 g/mol. The van der Waals surface area contributed by atoms with Gasteiger partial charge in [0.15, 0.2) is 17.3 Å². The summed E-state index contributed by atoms with van der Waals surface area (Å²) in [7, 11) is 2.86. The first-order chi connectivity index (χ1) is 35.7. The van der Waals surface area contributed by atoms with E-state index in [-0.39, 0.29) is 74.0 Å². The Hall–Kier alpha value is -7.81. The number of aliphatic imine (C=N–C) groups is 1. The Morgan fingerprint density at radius 1 is 0.716 bits per heavy atom. The van der Waals surface area contributed by atoms with Gasteiger partial charge in [-0.25, -0.2) is 0 Å². The van der Waals surface area contributed by atoms with Gasteiger partial charge in [-0.15, -0.1) is 0 Å². The zero-order valence-corrected chi connectivity index (χ0v) is 42.7. The van der Waals surface area contributed by atoms with Gasteiger partial charge in [-0.3, -0.25) is 33.8 Å². The Morgan fingerprint density at radius 3 is 2.07 bits per heavy atom. The topological polar surface area (TPSA) is 182 Å². The molecule has 0 bridgehead atoms. The lowest BCUT2D eigenvalue weighted by Crippen LogP contribution is -2.44. The van der Waals surface area contributed by atoms with E-state index in [1.807, 2.05) is 65.4 Å². The third-order valence-corrected chi connectivity index (χ3v) is 14.6. The summed E-state index contributed by atoms with van der Waals surface area (Å²) in [6.07, 6.45) is 6.03. The molecule has 4 aliphatic rings.